The molecule has 1 N–H and O–H groups in total. The predicted molar refractivity (Wildman–Crippen MR) is 76.6 cm³/mol. The van der Waals surface area contributed by atoms with Gasteiger partial charge in [0.2, 0.25) is 5.91 Å². The predicted octanol–water partition coefficient (Wildman–Crippen LogP) is 1.39. The minimum Gasteiger partial charge on any atom is -0.354 e. The highest BCUT2D eigenvalue weighted by Gasteiger charge is 2.41. The van der Waals surface area contributed by atoms with E-state index in [4.69, 9.17) is 0 Å². The van der Waals surface area contributed by atoms with Crippen LogP contribution in [0.3, 0.4) is 0 Å². The number of nitrogens with one attached hydrogen (secondary N) is 1. The molecule has 3 rings (SSSR count). The van der Waals surface area contributed by atoms with Crippen molar-refractivity contribution in [3.8, 4) is 0 Å². The second kappa shape index (κ2) is 5.37. The Morgan fingerprint density at radius 2 is 2.10 bits per heavy atom. The maximum atomic E-state index is 12.3. The van der Waals surface area contributed by atoms with Crippen LogP contribution in [0, 0.1) is 12.8 Å². The van der Waals surface area contributed by atoms with Crippen molar-refractivity contribution in [3.63, 3.8) is 0 Å². The van der Waals surface area contributed by atoms with E-state index in [0.717, 1.165) is 30.5 Å². The molecule has 0 radical (unpaired) electrons. The molecule has 1 aromatic carbocycles. The fourth-order valence-electron chi connectivity index (χ4n) is 3.25. The molecule has 2 heterocycles. The number of aryl methyl sites for hydroxylation is 1. The third-order valence-corrected chi connectivity index (χ3v) is 4.44. The summed E-state index contributed by atoms with van der Waals surface area (Å²) in [4.78, 5) is 26.2. The molecule has 0 spiro atoms. The topological polar surface area (TPSA) is 49.4 Å². The fraction of sp³-hybridized carbons (Fsp3) is 0.500. The highest BCUT2D eigenvalue weighted by Crippen LogP contribution is 2.27. The van der Waals surface area contributed by atoms with Gasteiger partial charge in [0.25, 0.3) is 0 Å². The van der Waals surface area contributed by atoms with Crippen LogP contribution >= 0.6 is 0 Å². The van der Waals surface area contributed by atoms with Gasteiger partial charge in [0.15, 0.2) is 5.78 Å². The molecule has 0 saturated carbocycles. The van der Waals surface area contributed by atoms with Gasteiger partial charge in [-0.3, -0.25) is 14.5 Å². The average Bonchev–Trinajstić information content (AvgIpc) is 2.82. The van der Waals surface area contributed by atoms with E-state index < -0.39 is 0 Å². The van der Waals surface area contributed by atoms with Crippen LogP contribution in [-0.2, 0) is 4.79 Å². The second-order valence-electron chi connectivity index (χ2n) is 5.82. The molecular formula is C16H20N2O2. The Kier molecular flexibility index (Phi) is 3.57. The number of hydrogen-bond donors (Lipinski definition) is 1. The zero-order valence-electron chi connectivity index (χ0n) is 11.8. The number of Topliss-reactive ketones (excluding diaryl/α,β-unsaturated/α-hetero) is 1. The van der Waals surface area contributed by atoms with Crippen LogP contribution in [-0.4, -0.2) is 42.3 Å². The van der Waals surface area contributed by atoms with Crippen molar-refractivity contribution in [1.82, 2.24) is 10.2 Å². The van der Waals surface area contributed by atoms with Crippen molar-refractivity contribution < 1.29 is 9.59 Å². The Labute approximate surface area is 119 Å². The second-order valence-corrected chi connectivity index (χ2v) is 5.82. The first-order valence-electron chi connectivity index (χ1n) is 7.27. The molecule has 2 aliphatic heterocycles. The number of fused-ring (bicyclic) bond motifs is 1. The van der Waals surface area contributed by atoms with E-state index in [1.54, 1.807) is 0 Å². The Hall–Kier alpha value is -1.68. The molecule has 4 nitrogen and oxygen atoms in total. The Balaban J connectivity index is 1.69. The van der Waals surface area contributed by atoms with E-state index in [0.29, 0.717) is 13.1 Å². The highest BCUT2D eigenvalue weighted by atomic mass is 16.2. The van der Waals surface area contributed by atoms with E-state index in [-0.39, 0.29) is 23.7 Å². The quantitative estimate of drug-likeness (QED) is 0.846. The molecule has 0 aromatic heterocycles. The first-order chi connectivity index (χ1) is 9.65. The monoisotopic (exact) mass is 272 g/mol. The van der Waals surface area contributed by atoms with Gasteiger partial charge in [-0.25, -0.2) is 0 Å². The summed E-state index contributed by atoms with van der Waals surface area (Å²) in [7, 11) is 0. The molecule has 2 aliphatic rings. The number of piperidine rings is 1. The lowest BCUT2D eigenvalue weighted by atomic mass is 9.91. The molecule has 4 heteroatoms. The van der Waals surface area contributed by atoms with Gasteiger partial charge in [0.05, 0.1) is 12.5 Å². The molecule has 2 saturated heterocycles. The van der Waals surface area contributed by atoms with Crippen molar-refractivity contribution in [2.75, 3.05) is 19.6 Å². The molecule has 0 aliphatic carbocycles. The van der Waals surface area contributed by atoms with Gasteiger partial charge >= 0.3 is 0 Å². The lowest BCUT2D eigenvalue weighted by Crippen LogP contribution is -2.47. The van der Waals surface area contributed by atoms with Gasteiger partial charge in [-0.2, -0.15) is 0 Å². The van der Waals surface area contributed by atoms with Gasteiger partial charge in [0.1, 0.15) is 0 Å². The summed E-state index contributed by atoms with van der Waals surface area (Å²) in [5.74, 6) is 0.377. The molecule has 1 amide bonds. The third-order valence-electron chi connectivity index (χ3n) is 4.44. The van der Waals surface area contributed by atoms with Gasteiger partial charge in [0, 0.05) is 18.2 Å². The summed E-state index contributed by atoms with van der Waals surface area (Å²) in [5.41, 5.74) is 1.92. The summed E-state index contributed by atoms with van der Waals surface area (Å²) < 4.78 is 0. The molecule has 106 valence electrons. The Morgan fingerprint density at radius 1 is 1.35 bits per heavy atom. The molecule has 1 aromatic rings. The highest BCUT2D eigenvalue weighted by molar-refractivity contribution is 5.97. The molecule has 20 heavy (non-hydrogen) atoms. The Bertz CT molecular complexity index is 524. The number of amides is 1. The maximum absolute atomic E-state index is 12.3. The zero-order valence-corrected chi connectivity index (χ0v) is 11.8. The summed E-state index contributed by atoms with van der Waals surface area (Å²) in [5, 5.41) is 2.92. The van der Waals surface area contributed by atoms with E-state index in [2.05, 4.69) is 10.2 Å². The summed E-state index contributed by atoms with van der Waals surface area (Å²) in [6.45, 7) is 4.02. The number of likely N-dealkylation sites (tertiary alicyclic amines) is 1. The number of benzene rings is 1. The number of carbonyl (C=O) groups is 2. The van der Waals surface area contributed by atoms with Gasteiger partial charge in [-0.1, -0.05) is 29.8 Å². The average molecular weight is 272 g/mol. The van der Waals surface area contributed by atoms with Gasteiger partial charge in [-0.05, 0) is 26.3 Å². The summed E-state index contributed by atoms with van der Waals surface area (Å²) in [6, 6.07) is 7.90. The van der Waals surface area contributed by atoms with Crippen LogP contribution in [0.2, 0.25) is 0 Å². The van der Waals surface area contributed by atoms with Crippen LogP contribution < -0.4 is 5.32 Å². The SMILES string of the molecule is Cc1ccc(C(=O)CN2CCCC3C(=O)NCC32)cc1. The fourth-order valence-corrected chi connectivity index (χ4v) is 3.25. The number of rotatable bonds is 3. The lowest BCUT2D eigenvalue weighted by molar-refractivity contribution is -0.124. The van der Waals surface area contributed by atoms with Crippen LogP contribution in [0.5, 0.6) is 0 Å². The first-order valence-corrected chi connectivity index (χ1v) is 7.27. The number of ketones is 1. The number of carbonyl (C=O) groups excluding carboxylic acids is 2. The van der Waals surface area contributed by atoms with E-state index >= 15 is 0 Å². The first kappa shape index (κ1) is 13.3. The van der Waals surface area contributed by atoms with Gasteiger partial charge in [-0.15, -0.1) is 0 Å². The van der Waals surface area contributed by atoms with Crippen LogP contribution in [0.4, 0.5) is 0 Å². The van der Waals surface area contributed by atoms with E-state index in [9.17, 15) is 9.59 Å². The minimum absolute atomic E-state index is 0.0783. The number of nitrogens with zero attached hydrogens (tertiary/aromatic N) is 1. The zero-order chi connectivity index (χ0) is 14.1. The van der Waals surface area contributed by atoms with Gasteiger partial charge < -0.3 is 5.32 Å². The third kappa shape index (κ3) is 2.48. The molecule has 2 atom stereocenters. The minimum atomic E-state index is 0.0783. The molecule has 2 fully saturated rings. The van der Waals surface area contributed by atoms with Crippen molar-refractivity contribution in [2.45, 2.75) is 25.8 Å². The van der Waals surface area contributed by atoms with E-state index in [1.807, 2.05) is 31.2 Å². The Morgan fingerprint density at radius 3 is 2.85 bits per heavy atom. The van der Waals surface area contributed by atoms with Crippen molar-refractivity contribution in [1.29, 1.82) is 0 Å². The maximum Gasteiger partial charge on any atom is 0.224 e. The standard InChI is InChI=1S/C16H20N2O2/c1-11-4-6-12(7-5-11)15(19)10-18-8-2-3-13-14(18)9-17-16(13)20/h4-7,13-14H,2-3,8-10H2,1H3,(H,17,20). The lowest BCUT2D eigenvalue weighted by Gasteiger charge is -2.35. The number of hydrogen-bond acceptors (Lipinski definition) is 3. The van der Waals surface area contributed by atoms with Crippen LogP contribution in [0.25, 0.3) is 0 Å². The summed E-state index contributed by atoms with van der Waals surface area (Å²) in [6.07, 6.45) is 1.95. The smallest absolute Gasteiger partial charge is 0.224 e. The summed E-state index contributed by atoms with van der Waals surface area (Å²) >= 11 is 0. The van der Waals surface area contributed by atoms with Crippen molar-refractivity contribution in [2.24, 2.45) is 5.92 Å². The molecular weight excluding hydrogens is 252 g/mol. The van der Waals surface area contributed by atoms with Crippen LogP contribution in [0.1, 0.15) is 28.8 Å². The molecule has 0 bridgehead atoms. The van der Waals surface area contributed by atoms with Crippen LogP contribution in [0.15, 0.2) is 24.3 Å². The largest absolute Gasteiger partial charge is 0.354 e. The normalized spacial score (nSPS) is 26.1. The van der Waals surface area contributed by atoms with Crippen molar-refractivity contribution >= 4 is 11.7 Å². The van der Waals surface area contributed by atoms with Crippen molar-refractivity contribution in [3.05, 3.63) is 35.4 Å². The molecule has 2 unspecified atom stereocenters. The van der Waals surface area contributed by atoms with E-state index in [1.165, 1.54) is 0 Å².